The van der Waals surface area contributed by atoms with Gasteiger partial charge in [0.25, 0.3) is 0 Å². The molecule has 1 aromatic heterocycles. The lowest BCUT2D eigenvalue weighted by molar-refractivity contribution is -0.126. The lowest BCUT2D eigenvalue weighted by Gasteiger charge is -2.32. The Hall–Kier alpha value is -2.07. The molecule has 1 atom stereocenters. The number of amides is 1. The second-order valence-corrected chi connectivity index (χ2v) is 6.92. The molecule has 0 fully saturated rings. The molecule has 1 aliphatic rings. The summed E-state index contributed by atoms with van der Waals surface area (Å²) in [5, 5.41) is 4.45. The van der Waals surface area contributed by atoms with E-state index in [9.17, 15) is 4.79 Å². The molecule has 0 aliphatic carbocycles. The SMILES string of the molecule is CCC(CC)NC(=O)[C@@H](C)N1CC=C(c2c[nH]c3ccccc23)CC1. The molecule has 0 radical (unpaired) electrons. The van der Waals surface area contributed by atoms with Crippen LogP contribution in [0.2, 0.25) is 0 Å². The summed E-state index contributed by atoms with van der Waals surface area (Å²) in [4.78, 5) is 18.1. The Morgan fingerprint density at radius 2 is 2.04 bits per heavy atom. The molecule has 0 bridgehead atoms. The van der Waals surface area contributed by atoms with E-state index in [0.717, 1.165) is 32.4 Å². The molecule has 0 saturated carbocycles. The predicted molar refractivity (Wildman–Crippen MR) is 104 cm³/mol. The van der Waals surface area contributed by atoms with E-state index in [2.05, 4.69) is 65.6 Å². The maximum absolute atomic E-state index is 12.5. The van der Waals surface area contributed by atoms with Gasteiger partial charge in [-0.2, -0.15) is 0 Å². The van der Waals surface area contributed by atoms with E-state index >= 15 is 0 Å². The molecule has 2 N–H and O–H groups in total. The van der Waals surface area contributed by atoms with Crippen molar-refractivity contribution < 1.29 is 4.79 Å². The van der Waals surface area contributed by atoms with E-state index in [1.807, 2.05) is 6.92 Å². The van der Waals surface area contributed by atoms with Crippen LogP contribution in [-0.4, -0.2) is 41.0 Å². The molecule has 0 saturated heterocycles. The average molecular weight is 339 g/mol. The van der Waals surface area contributed by atoms with Crippen LogP contribution in [0.5, 0.6) is 0 Å². The fourth-order valence-corrected chi connectivity index (χ4v) is 3.60. The number of carbonyl (C=O) groups is 1. The molecule has 2 heterocycles. The summed E-state index contributed by atoms with van der Waals surface area (Å²) in [6, 6.07) is 8.62. The Labute approximate surface area is 150 Å². The maximum atomic E-state index is 12.5. The molecular weight excluding hydrogens is 310 g/mol. The number of para-hydroxylation sites is 1. The number of rotatable bonds is 6. The summed E-state index contributed by atoms with van der Waals surface area (Å²) in [6.07, 6.45) is 7.33. The molecule has 2 aromatic rings. The van der Waals surface area contributed by atoms with Gasteiger partial charge in [0.2, 0.25) is 5.91 Å². The van der Waals surface area contributed by atoms with E-state index in [4.69, 9.17) is 0 Å². The van der Waals surface area contributed by atoms with Crippen molar-refractivity contribution in [2.75, 3.05) is 13.1 Å². The number of hydrogen-bond donors (Lipinski definition) is 2. The Morgan fingerprint density at radius 3 is 2.72 bits per heavy atom. The molecule has 4 heteroatoms. The number of nitrogens with one attached hydrogen (secondary N) is 2. The number of aromatic amines is 1. The quantitative estimate of drug-likeness (QED) is 0.837. The third-order valence-electron chi connectivity index (χ3n) is 5.43. The largest absolute Gasteiger partial charge is 0.361 e. The van der Waals surface area contributed by atoms with Gasteiger partial charge in [-0.05, 0) is 37.8 Å². The van der Waals surface area contributed by atoms with Crippen molar-refractivity contribution in [3.63, 3.8) is 0 Å². The molecule has 1 amide bonds. The van der Waals surface area contributed by atoms with Crippen LogP contribution in [0.4, 0.5) is 0 Å². The highest BCUT2D eigenvalue weighted by Gasteiger charge is 2.25. The molecule has 1 aliphatic heterocycles. The van der Waals surface area contributed by atoms with Crippen molar-refractivity contribution in [1.29, 1.82) is 0 Å². The standard InChI is InChI=1S/C21H29N3O/c1-4-17(5-2)23-21(25)15(3)24-12-10-16(11-13-24)19-14-22-20-9-7-6-8-18(19)20/h6-10,14-15,17,22H,4-5,11-13H2,1-3H3,(H,23,25)/t15-/m1/s1. The van der Waals surface area contributed by atoms with Gasteiger partial charge in [-0.25, -0.2) is 0 Å². The normalized spacial score (nSPS) is 16.9. The van der Waals surface area contributed by atoms with Crippen LogP contribution in [0.3, 0.4) is 0 Å². The first-order valence-corrected chi connectivity index (χ1v) is 9.44. The number of fused-ring (bicyclic) bond motifs is 1. The van der Waals surface area contributed by atoms with Crippen LogP contribution in [0, 0.1) is 0 Å². The van der Waals surface area contributed by atoms with Crippen LogP contribution < -0.4 is 5.32 Å². The molecule has 0 spiro atoms. The van der Waals surface area contributed by atoms with Gasteiger partial charge in [0.05, 0.1) is 6.04 Å². The number of hydrogen-bond acceptors (Lipinski definition) is 2. The predicted octanol–water partition coefficient (Wildman–Crippen LogP) is 3.95. The molecule has 134 valence electrons. The number of benzene rings is 1. The van der Waals surface area contributed by atoms with Gasteiger partial charge < -0.3 is 10.3 Å². The summed E-state index contributed by atoms with van der Waals surface area (Å²) < 4.78 is 0. The van der Waals surface area contributed by atoms with E-state index in [1.165, 1.54) is 22.0 Å². The average Bonchev–Trinajstić information content (AvgIpc) is 3.09. The summed E-state index contributed by atoms with van der Waals surface area (Å²) in [7, 11) is 0. The van der Waals surface area contributed by atoms with Gasteiger partial charge in [0, 0.05) is 41.8 Å². The van der Waals surface area contributed by atoms with E-state index < -0.39 is 0 Å². The summed E-state index contributed by atoms with van der Waals surface area (Å²) in [6.45, 7) is 8.00. The van der Waals surface area contributed by atoms with Crippen LogP contribution in [0.25, 0.3) is 16.5 Å². The summed E-state index contributed by atoms with van der Waals surface area (Å²) in [5.41, 5.74) is 3.85. The Balaban J connectivity index is 1.67. The third-order valence-corrected chi connectivity index (χ3v) is 5.43. The summed E-state index contributed by atoms with van der Waals surface area (Å²) >= 11 is 0. The van der Waals surface area contributed by atoms with Crippen LogP contribution in [0.15, 0.2) is 36.5 Å². The molecule has 3 rings (SSSR count). The second kappa shape index (κ2) is 7.87. The minimum absolute atomic E-state index is 0.0821. The smallest absolute Gasteiger partial charge is 0.237 e. The molecule has 1 aromatic carbocycles. The Kier molecular flexibility index (Phi) is 5.59. The first-order valence-electron chi connectivity index (χ1n) is 9.44. The van der Waals surface area contributed by atoms with Crippen LogP contribution in [-0.2, 0) is 4.79 Å². The lowest BCUT2D eigenvalue weighted by Crippen LogP contribution is -2.49. The highest BCUT2D eigenvalue weighted by atomic mass is 16.2. The third kappa shape index (κ3) is 3.79. The summed E-state index contributed by atoms with van der Waals surface area (Å²) in [5.74, 6) is 0.151. The zero-order chi connectivity index (χ0) is 17.8. The van der Waals surface area contributed by atoms with E-state index in [0.29, 0.717) is 0 Å². The monoisotopic (exact) mass is 339 g/mol. The first-order chi connectivity index (χ1) is 12.1. The molecule has 25 heavy (non-hydrogen) atoms. The van der Waals surface area contributed by atoms with E-state index in [1.54, 1.807) is 0 Å². The highest BCUT2D eigenvalue weighted by Crippen LogP contribution is 2.29. The zero-order valence-electron chi connectivity index (χ0n) is 15.5. The fourth-order valence-electron chi connectivity index (χ4n) is 3.60. The van der Waals surface area contributed by atoms with Crippen molar-refractivity contribution in [2.45, 2.75) is 52.1 Å². The number of H-pyrrole nitrogens is 1. The van der Waals surface area contributed by atoms with Crippen LogP contribution >= 0.6 is 0 Å². The lowest BCUT2D eigenvalue weighted by atomic mass is 9.98. The van der Waals surface area contributed by atoms with Gasteiger partial charge in [-0.3, -0.25) is 9.69 Å². The highest BCUT2D eigenvalue weighted by molar-refractivity contribution is 5.92. The number of carbonyl (C=O) groups excluding carboxylic acids is 1. The van der Waals surface area contributed by atoms with Crippen molar-refractivity contribution in [3.8, 4) is 0 Å². The Morgan fingerprint density at radius 1 is 1.28 bits per heavy atom. The number of aromatic nitrogens is 1. The fraction of sp³-hybridized carbons (Fsp3) is 0.476. The minimum atomic E-state index is -0.0821. The van der Waals surface area contributed by atoms with Crippen molar-refractivity contribution in [2.24, 2.45) is 0 Å². The van der Waals surface area contributed by atoms with Crippen molar-refractivity contribution in [3.05, 3.63) is 42.1 Å². The van der Waals surface area contributed by atoms with Crippen molar-refractivity contribution >= 4 is 22.4 Å². The zero-order valence-corrected chi connectivity index (χ0v) is 15.5. The van der Waals surface area contributed by atoms with Crippen LogP contribution in [0.1, 0.15) is 45.6 Å². The van der Waals surface area contributed by atoms with Gasteiger partial charge in [-0.1, -0.05) is 38.1 Å². The number of nitrogens with zero attached hydrogens (tertiary/aromatic N) is 1. The topological polar surface area (TPSA) is 48.1 Å². The van der Waals surface area contributed by atoms with Gasteiger partial charge in [-0.15, -0.1) is 0 Å². The molecule has 0 unspecified atom stereocenters. The second-order valence-electron chi connectivity index (χ2n) is 6.92. The van der Waals surface area contributed by atoms with E-state index in [-0.39, 0.29) is 18.0 Å². The van der Waals surface area contributed by atoms with Gasteiger partial charge in [0.15, 0.2) is 0 Å². The molecular formula is C21H29N3O. The maximum Gasteiger partial charge on any atom is 0.237 e. The van der Waals surface area contributed by atoms with Gasteiger partial charge in [0.1, 0.15) is 0 Å². The van der Waals surface area contributed by atoms with Crippen molar-refractivity contribution in [1.82, 2.24) is 15.2 Å². The Bertz CT molecular complexity index is 757. The first kappa shape index (κ1) is 17.7. The molecule has 4 nitrogen and oxygen atoms in total. The van der Waals surface area contributed by atoms with Gasteiger partial charge >= 0.3 is 0 Å². The minimum Gasteiger partial charge on any atom is -0.361 e.